The van der Waals surface area contributed by atoms with Crippen LogP contribution in [0.15, 0.2) is 49.2 Å². The molecule has 2 aromatic heterocycles. The van der Waals surface area contributed by atoms with Crippen molar-refractivity contribution >= 4 is 28.6 Å². The fraction of sp³-hybridized carbons (Fsp3) is 0.440. The van der Waals surface area contributed by atoms with Crippen LogP contribution in [0.2, 0.25) is 0 Å². The summed E-state index contributed by atoms with van der Waals surface area (Å²) < 4.78 is 1.93. The van der Waals surface area contributed by atoms with Gasteiger partial charge in [0, 0.05) is 61.3 Å². The summed E-state index contributed by atoms with van der Waals surface area (Å²) in [4.78, 5) is 45.3. The lowest BCUT2D eigenvalue weighted by Crippen LogP contribution is -2.50. The Morgan fingerprint density at radius 1 is 1.17 bits per heavy atom. The van der Waals surface area contributed by atoms with Crippen molar-refractivity contribution in [2.75, 3.05) is 6.54 Å². The number of rotatable bonds is 13. The predicted molar refractivity (Wildman–Crippen MR) is 131 cm³/mol. The summed E-state index contributed by atoms with van der Waals surface area (Å²) in [7, 11) is 0. The van der Waals surface area contributed by atoms with Crippen LogP contribution in [-0.4, -0.2) is 50.1 Å². The highest BCUT2D eigenvalue weighted by Crippen LogP contribution is 2.20. The zero-order chi connectivity index (χ0) is 25.2. The number of benzene rings is 1. The number of amides is 3. The van der Waals surface area contributed by atoms with E-state index in [-0.39, 0.29) is 24.2 Å². The molecule has 0 saturated carbocycles. The van der Waals surface area contributed by atoms with Crippen LogP contribution in [0.3, 0.4) is 0 Å². The maximum absolute atomic E-state index is 13.2. The minimum atomic E-state index is -0.818. The maximum Gasteiger partial charge on any atom is 0.244 e. The lowest BCUT2D eigenvalue weighted by molar-refractivity contribution is -0.136. The number of carbonyl (C=O) groups is 3. The monoisotopic (exact) mass is 482 g/mol. The molecule has 0 saturated heterocycles. The van der Waals surface area contributed by atoms with E-state index in [4.69, 9.17) is 5.21 Å². The Labute approximate surface area is 204 Å². The van der Waals surface area contributed by atoms with E-state index in [1.807, 2.05) is 55.1 Å². The first-order chi connectivity index (χ1) is 16.9. The van der Waals surface area contributed by atoms with Crippen LogP contribution in [0.4, 0.5) is 0 Å². The Balaban J connectivity index is 1.71. The maximum atomic E-state index is 13.2. The summed E-state index contributed by atoms with van der Waals surface area (Å²) >= 11 is 0. The van der Waals surface area contributed by atoms with E-state index in [2.05, 4.69) is 20.6 Å². The van der Waals surface area contributed by atoms with Gasteiger partial charge in [0.2, 0.25) is 17.7 Å². The molecule has 5 N–H and O–H groups in total. The SMILES string of the molecule is CC(C)C[C@H](CC(=O)NO)C(=O)N[C@@H](Cc1c[nH]c2ccccc12)C(=O)NCCCn1ccnc1. The van der Waals surface area contributed by atoms with Gasteiger partial charge in [0.15, 0.2) is 0 Å². The largest absolute Gasteiger partial charge is 0.361 e. The molecular formula is C25H34N6O4. The molecule has 0 fully saturated rings. The van der Waals surface area contributed by atoms with Gasteiger partial charge in [0.05, 0.1) is 6.33 Å². The number of fused-ring (bicyclic) bond motifs is 1. The van der Waals surface area contributed by atoms with Gasteiger partial charge in [-0.25, -0.2) is 10.5 Å². The Morgan fingerprint density at radius 3 is 2.69 bits per heavy atom. The van der Waals surface area contributed by atoms with E-state index >= 15 is 0 Å². The second-order valence-electron chi connectivity index (χ2n) is 9.14. The molecule has 188 valence electrons. The van der Waals surface area contributed by atoms with Gasteiger partial charge in [-0.3, -0.25) is 19.6 Å². The molecule has 3 rings (SSSR count). The minimum absolute atomic E-state index is 0.154. The van der Waals surface area contributed by atoms with Crippen LogP contribution in [-0.2, 0) is 27.3 Å². The van der Waals surface area contributed by atoms with Crippen molar-refractivity contribution in [2.45, 2.75) is 52.1 Å². The lowest BCUT2D eigenvalue weighted by Gasteiger charge is -2.23. The average molecular weight is 483 g/mol. The first kappa shape index (κ1) is 26.0. The van der Waals surface area contributed by atoms with Gasteiger partial charge in [-0.2, -0.15) is 0 Å². The first-order valence-electron chi connectivity index (χ1n) is 11.9. The highest BCUT2D eigenvalue weighted by Gasteiger charge is 2.28. The number of H-pyrrole nitrogens is 1. The molecule has 0 spiro atoms. The van der Waals surface area contributed by atoms with Crippen LogP contribution < -0.4 is 16.1 Å². The summed E-state index contributed by atoms with van der Waals surface area (Å²) in [6.45, 7) is 5.06. The van der Waals surface area contributed by atoms with Crippen LogP contribution in [0.1, 0.15) is 38.7 Å². The van der Waals surface area contributed by atoms with Gasteiger partial charge in [-0.1, -0.05) is 32.0 Å². The second-order valence-corrected chi connectivity index (χ2v) is 9.14. The van der Waals surface area contributed by atoms with E-state index in [1.54, 1.807) is 18.0 Å². The van der Waals surface area contributed by atoms with Gasteiger partial charge in [-0.15, -0.1) is 0 Å². The third kappa shape index (κ3) is 7.68. The number of nitrogens with zero attached hydrogens (tertiary/aromatic N) is 2. The predicted octanol–water partition coefficient (Wildman–Crippen LogP) is 2.16. The standard InChI is InChI=1S/C25H34N6O4/c1-17(2)12-18(14-23(32)30-35)24(33)29-22(13-19-15-28-21-7-4-3-6-20(19)21)25(34)27-8-5-10-31-11-9-26-16-31/h3-4,6-7,9,11,15-18,22,28,35H,5,8,10,12-14H2,1-2H3,(H,27,34)(H,29,33)(H,30,32)/t18-,22+/m1/s1. The van der Waals surface area contributed by atoms with Crippen molar-refractivity contribution in [3.05, 3.63) is 54.7 Å². The van der Waals surface area contributed by atoms with E-state index < -0.39 is 17.9 Å². The van der Waals surface area contributed by atoms with Gasteiger partial charge >= 0.3 is 0 Å². The Hall–Kier alpha value is -3.66. The molecule has 0 aliphatic heterocycles. The van der Waals surface area contributed by atoms with Crippen molar-refractivity contribution in [2.24, 2.45) is 11.8 Å². The molecule has 0 radical (unpaired) electrons. The molecule has 2 heterocycles. The van der Waals surface area contributed by atoms with E-state index in [0.717, 1.165) is 16.5 Å². The summed E-state index contributed by atoms with van der Waals surface area (Å²) in [5, 5.41) is 15.7. The summed E-state index contributed by atoms with van der Waals surface area (Å²) in [6, 6.07) is 6.96. The summed E-state index contributed by atoms with van der Waals surface area (Å²) in [5.41, 5.74) is 3.45. The van der Waals surface area contributed by atoms with Crippen LogP contribution in [0.5, 0.6) is 0 Å². The molecule has 2 atom stereocenters. The Bertz CT molecular complexity index is 1110. The number of hydrogen-bond donors (Lipinski definition) is 5. The van der Waals surface area contributed by atoms with E-state index in [1.165, 1.54) is 0 Å². The Kier molecular flexibility index (Phi) is 9.42. The molecule has 3 amide bonds. The zero-order valence-electron chi connectivity index (χ0n) is 20.2. The number of hydrogen-bond acceptors (Lipinski definition) is 5. The molecule has 3 aromatic rings. The molecule has 10 nitrogen and oxygen atoms in total. The third-order valence-corrected chi connectivity index (χ3v) is 5.87. The van der Waals surface area contributed by atoms with Gasteiger partial charge in [0.25, 0.3) is 0 Å². The average Bonchev–Trinajstić information content (AvgIpc) is 3.50. The molecular weight excluding hydrogens is 448 g/mol. The number of nitrogens with one attached hydrogen (secondary N) is 4. The van der Waals surface area contributed by atoms with Crippen molar-refractivity contribution in [1.82, 2.24) is 30.6 Å². The fourth-order valence-corrected chi connectivity index (χ4v) is 4.16. The normalized spacial score (nSPS) is 12.9. The van der Waals surface area contributed by atoms with Crippen molar-refractivity contribution in [3.8, 4) is 0 Å². The quantitative estimate of drug-likeness (QED) is 0.144. The Morgan fingerprint density at radius 2 is 1.97 bits per heavy atom. The zero-order valence-corrected chi connectivity index (χ0v) is 20.2. The highest BCUT2D eigenvalue weighted by atomic mass is 16.5. The highest BCUT2D eigenvalue weighted by molar-refractivity contribution is 5.91. The fourth-order valence-electron chi connectivity index (χ4n) is 4.16. The summed E-state index contributed by atoms with van der Waals surface area (Å²) in [5.74, 6) is -1.82. The van der Waals surface area contributed by atoms with Crippen LogP contribution in [0, 0.1) is 11.8 Å². The molecule has 0 unspecified atom stereocenters. The van der Waals surface area contributed by atoms with Crippen molar-refractivity contribution < 1.29 is 19.6 Å². The van der Waals surface area contributed by atoms with Crippen LogP contribution >= 0.6 is 0 Å². The molecule has 1 aromatic carbocycles. The van der Waals surface area contributed by atoms with E-state index in [0.29, 0.717) is 32.4 Å². The third-order valence-electron chi connectivity index (χ3n) is 5.87. The number of aromatic amines is 1. The first-order valence-corrected chi connectivity index (χ1v) is 11.9. The molecule has 10 heteroatoms. The van der Waals surface area contributed by atoms with E-state index in [9.17, 15) is 14.4 Å². The molecule has 0 aliphatic carbocycles. The molecule has 35 heavy (non-hydrogen) atoms. The van der Waals surface area contributed by atoms with Crippen LogP contribution in [0.25, 0.3) is 10.9 Å². The topological polar surface area (TPSA) is 141 Å². The van der Waals surface area contributed by atoms with Crippen molar-refractivity contribution in [3.63, 3.8) is 0 Å². The second kappa shape index (κ2) is 12.7. The number of imidazole rings is 1. The number of para-hydroxylation sites is 1. The number of aryl methyl sites for hydroxylation is 1. The van der Waals surface area contributed by atoms with Gasteiger partial charge in [0.1, 0.15) is 6.04 Å². The molecule has 0 aliphatic rings. The number of aromatic nitrogens is 3. The summed E-state index contributed by atoms with van der Waals surface area (Å²) in [6.07, 6.45) is 8.43. The molecule has 0 bridgehead atoms. The van der Waals surface area contributed by atoms with Gasteiger partial charge < -0.3 is 20.2 Å². The number of hydroxylamine groups is 1. The van der Waals surface area contributed by atoms with Gasteiger partial charge in [-0.05, 0) is 30.4 Å². The lowest BCUT2D eigenvalue weighted by atomic mass is 9.92. The van der Waals surface area contributed by atoms with Crippen molar-refractivity contribution in [1.29, 1.82) is 0 Å². The smallest absolute Gasteiger partial charge is 0.244 e. The minimum Gasteiger partial charge on any atom is -0.361 e. The number of carbonyl (C=O) groups excluding carboxylic acids is 3.